The van der Waals surface area contributed by atoms with Crippen molar-refractivity contribution in [1.29, 1.82) is 0 Å². The van der Waals surface area contributed by atoms with Crippen LogP contribution in [0.4, 0.5) is 5.69 Å². The highest BCUT2D eigenvalue weighted by atomic mass is 35.5. The third-order valence-electron chi connectivity index (χ3n) is 3.66. The van der Waals surface area contributed by atoms with Gasteiger partial charge < -0.3 is 5.73 Å². The molecule has 0 aromatic heterocycles. The van der Waals surface area contributed by atoms with E-state index in [1.807, 2.05) is 0 Å². The number of nitro benzene ring substituents is 1. The monoisotopic (exact) mass is 319 g/mol. The van der Waals surface area contributed by atoms with E-state index in [0.29, 0.717) is 5.92 Å². The topological polar surface area (TPSA) is 72.4 Å². The van der Waals surface area contributed by atoms with Gasteiger partial charge in [0.1, 0.15) is 5.02 Å². The Kier molecular flexibility index (Phi) is 6.68. The lowest BCUT2D eigenvalue weighted by molar-refractivity contribution is -0.384. The molecule has 1 fully saturated rings. The molecule has 5 nitrogen and oxygen atoms in total. The minimum Gasteiger partial charge on any atom is -0.330 e. The summed E-state index contributed by atoms with van der Waals surface area (Å²) in [6.45, 7) is 3.60. The molecule has 112 valence electrons. The van der Waals surface area contributed by atoms with Gasteiger partial charge in [0.2, 0.25) is 0 Å². The molecule has 1 aromatic rings. The van der Waals surface area contributed by atoms with Crippen LogP contribution in [0.1, 0.15) is 18.4 Å². The molecule has 1 aromatic carbocycles. The highest BCUT2D eigenvalue weighted by Gasteiger charge is 2.19. The van der Waals surface area contributed by atoms with Gasteiger partial charge in [-0.25, -0.2) is 0 Å². The Morgan fingerprint density at radius 2 is 2.05 bits per heavy atom. The van der Waals surface area contributed by atoms with Crippen molar-refractivity contribution in [2.45, 2.75) is 19.4 Å². The van der Waals surface area contributed by atoms with Crippen LogP contribution in [0.15, 0.2) is 18.2 Å². The first kappa shape index (κ1) is 17.2. The third kappa shape index (κ3) is 4.31. The van der Waals surface area contributed by atoms with Crippen molar-refractivity contribution < 1.29 is 4.92 Å². The quantitative estimate of drug-likeness (QED) is 0.684. The Balaban J connectivity index is 0.00000200. The Morgan fingerprint density at radius 1 is 1.40 bits per heavy atom. The van der Waals surface area contributed by atoms with Crippen LogP contribution in [0.25, 0.3) is 0 Å². The van der Waals surface area contributed by atoms with Crippen LogP contribution in [0.3, 0.4) is 0 Å². The minimum absolute atomic E-state index is 0. The van der Waals surface area contributed by atoms with Gasteiger partial charge in [-0.2, -0.15) is 0 Å². The van der Waals surface area contributed by atoms with E-state index in [1.54, 1.807) is 12.1 Å². The van der Waals surface area contributed by atoms with Crippen molar-refractivity contribution in [3.63, 3.8) is 0 Å². The smallest absolute Gasteiger partial charge is 0.287 e. The van der Waals surface area contributed by atoms with Crippen molar-refractivity contribution in [1.82, 2.24) is 4.90 Å². The molecule has 0 bridgehead atoms. The maximum Gasteiger partial charge on any atom is 0.287 e. The van der Waals surface area contributed by atoms with Crippen molar-refractivity contribution in [3.8, 4) is 0 Å². The number of rotatable bonds is 4. The molecular formula is C13H19Cl2N3O2. The largest absolute Gasteiger partial charge is 0.330 e. The molecule has 0 atom stereocenters. The molecule has 1 saturated heterocycles. The Morgan fingerprint density at radius 3 is 2.55 bits per heavy atom. The van der Waals surface area contributed by atoms with Gasteiger partial charge in [-0.1, -0.05) is 17.7 Å². The summed E-state index contributed by atoms with van der Waals surface area (Å²) in [6, 6.07) is 4.94. The first-order valence-electron chi connectivity index (χ1n) is 6.45. The lowest BCUT2D eigenvalue weighted by Gasteiger charge is -2.31. The van der Waals surface area contributed by atoms with Crippen molar-refractivity contribution in [2.75, 3.05) is 19.6 Å². The maximum absolute atomic E-state index is 10.7. The number of halogens is 2. The molecular weight excluding hydrogens is 301 g/mol. The van der Waals surface area contributed by atoms with Crippen molar-refractivity contribution in [3.05, 3.63) is 38.9 Å². The number of nitrogens with two attached hydrogens (primary N) is 1. The summed E-state index contributed by atoms with van der Waals surface area (Å²) in [5.74, 6) is 0.636. The van der Waals surface area contributed by atoms with Gasteiger partial charge in [-0.15, -0.1) is 12.4 Å². The van der Waals surface area contributed by atoms with Gasteiger partial charge in [0.25, 0.3) is 5.69 Å². The van der Waals surface area contributed by atoms with E-state index in [-0.39, 0.29) is 23.1 Å². The normalized spacial score (nSPS) is 16.7. The first-order chi connectivity index (χ1) is 9.10. The minimum atomic E-state index is -0.459. The molecule has 1 aliphatic heterocycles. The zero-order valence-electron chi connectivity index (χ0n) is 11.1. The molecule has 0 unspecified atom stereocenters. The fourth-order valence-corrected chi connectivity index (χ4v) is 2.71. The molecule has 0 amide bonds. The van der Waals surface area contributed by atoms with E-state index in [1.165, 1.54) is 6.07 Å². The van der Waals surface area contributed by atoms with E-state index < -0.39 is 4.92 Å². The molecule has 20 heavy (non-hydrogen) atoms. The zero-order valence-corrected chi connectivity index (χ0v) is 12.7. The highest BCUT2D eigenvalue weighted by Crippen LogP contribution is 2.26. The molecule has 7 heteroatoms. The van der Waals surface area contributed by atoms with Crippen molar-refractivity contribution in [2.24, 2.45) is 11.7 Å². The lowest BCUT2D eigenvalue weighted by atomic mass is 9.97. The third-order valence-corrected chi connectivity index (χ3v) is 3.96. The SMILES string of the molecule is Cl.NCC1CCN(Cc2ccc([N+](=O)[O-])c(Cl)c2)CC1. The van der Waals surface area contributed by atoms with Crippen LogP contribution in [0.2, 0.25) is 5.02 Å². The predicted octanol–water partition coefficient (Wildman–Crippen LogP) is 2.84. The second kappa shape index (κ2) is 7.78. The van der Waals surface area contributed by atoms with Gasteiger partial charge in [0.15, 0.2) is 0 Å². The summed E-state index contributed by atoms with van der Waals surface area (Å²) in [4.78, 5) is 12.6. The van der Waals surface area contributed by atoms with Crippen LogP contribution in [-0.2, 0) is 6.54 Å². The number of benzene rings is 1. The molecule has 0 radical (unpaired) electrons. The average molecular weight is 320 g/mol. The second-order valence-corrected chi connectivity index (χ2v) is 5.41. The summed E-state index contributed by atoms with van der Waals surface area (Å²) >= 11 is 5.91. The van der Waals surface area contributed by atoms with Crippen LogP contribution >= 0.6 is 24.0 Å². The van der Waals surface area contributed by atoms with Gasteiger partial charge in [-0.05, 0) is 50.0 Å². The number of likely N-dealkylation sites (tertiary alicyclic amines) is 1. The molecule has 2 rings (SSSR count). The van der Waals surface area contributed by atoms with E-state index in [9.17, 15) is 10.1 Å². The van der Waals surface area contributed by atoms with Crippen LogP contribution in [0.5, 0.6) is 0 Å². The van der Waals surface area contributed by atoms with Crippen molar-refractivity contribution >= 4 is 29.7 Å². The lowest BCUT2D eigenvalue weighted by Crippen LogP contribution is -2.35. The number of hydrogen-bond donors (Lipinski definition) is 1. The Hall–Kier alpha value is -0.880. The highest BCUT2D eigenvalue weighted by molar-refractivity contribution is 6.32. The summed E-state index contributed by atoms with van der Waals surface area (Å²) < 4.78 is 0. The number of nitrogens with zero attached hydrogens (tertiary/aromatic N) is 2. The van der Waals surface area contributed by atoms with Gasteiger partial charge in [0, 0.05) is 12.6 Å². The summed E-state index contributed by atoms with van der Waals surface area (Å²) in [5.41, 5.74) is 6.65. The van der Waals surface area contributed by atoms with E-state index in [2.05, 4.69) is 4.90 Å². The standard InChI is InChI=1S/C13H18ClN3O2.ClH/c14-12-7-11(1-2-13(12)17(18)19)9-16-5-3-10(8-15)4-6-16;/h1-2,7,10H,3-6,8-9,15H2;1H. The average Bonchev–Trinajstić information content (AvgIpc) is 2.39. The van der Waals surface area contributed by atoms with Crippen LogP contribution in [0, 0.1) is 16.0 Å². The fraction of sp³-hybridized carbons (Fsp3) is 0.538. The molecule has 0 spiro atoms. The Labute approximate surface area is 129 Å². The molecule has 0 aliphatic carbocycles. The second-order valence-electron chi connectivity index (χ2n) is 5.00. The van der Waals surface area contributed by atoms with Gasteiger partial charge >= 0.3 is 0 Å². The van der Waals surface area contributed by atoms with E-state index in [0.717, 1.165) is 44.6 Å². The van der Waals surface area contributed by atoms with Gasteiger partial charge in [-0.3, -0.25) is 15.0 Å². The first-order valence-corrected chi connectivity index (χ1v) is 6.83. The predicted molar refractivity (Wildman–Crippen MR) is 82.4 cm³/mol. The number of nitro groups is 1. The van der Waals surface area contributed by atoms with Crippen LogP contribution < -0.4 is 5.73 Å². The summed E-state index contributed by atoms with van der Waals surface area (Å²) in [5, 5.41) is 10.9. The van der Waals surface area contributed by atoms with E-state index in [4.69, 9.17) is 17.3 Å². The molecule has 1 aliphatic rings. The van der Waals surface area contributed by atoms with Gasteiger partial charge in [0.05, 0.1) is 4.92 Å². The van der Waals surface area contributed by atoms with E-state index >= 15 is 0 Å². The molecule has 0 saturated carbocycles. The summed E-state index contributed by atoms with van der Waals surface area (Å²) in [7, 11) is 0. The number of hydrogen-bond acceptors (Lipinski definition) is 4. The van der Waals surface area contributed by atoms with Crippen LogP contribution in [-0.4, -0.2) is 29.5 Å². The maximum atomic E-state index is 10.7. The zero-order chi connectivity index (χ0) is 13.8. The Bertz CT molecular complexity index is 463. The molecule has 2 N–H and O–H groups in total. The molecule has 1 heterocycles. The number of piperidine rings is 1. The fourth-order valence-electron chi connectivity index (χ4n) is 2.44. The summed E-state index contributed by atoms with van der Waals surface area (Å²) in [6.07, 6.45) is 2.24.